The third-order valence-electron chi connectivity index (χ3n) is 5.08. The average Bonchev–Trinajstić information content (AvgIpc) is 3.16. The lowest BCUT2D eigenvalue weighted by atomic mass is 9.78. The topological polar surface area (TPSA) is 88.1 Å². The van der Waals surface area contributed by atoms with Crippen LogP contribution >= 0.6 is 0 Å². The number of esters is 3. The van der Waals surface area contributed by atoms with Gasteiger partial charge in [-0.2, -0.15) is 0 Å². The van der Waals surface area contributed by atoms with E-state index in [9.17, 15) is 14.4 Å². The number of ether oxygens (including phenoxy) is 4. The molecular weight excluding hydrogens is 304 g/mol. The van der Waals surface area contributed by atoms with Gasteiger partial charge >= 0.3 is 17.9 Å². The number of fused-ring (bicyclic) bond motifs is 5. The summed E-state index contributed by atoms with van der Waals surface area (Å²) in [5.74, 6) is -1.52. The van der Waals surface area contributed by atoms with Crippen molar-refractivity contribution in [1.29, 1.82) is 0 Å². The minimum atomic E-state index is -0.651. The normalized spacial score (nSPS) is 37.2. The van der Waals surface area contributed by atoms with Gasteiger partial charge in [0.15, 0.2) is 6.61 Å². The first-order valence-corrected chi connectivity index (χ1v) is 7.65. The highest BCUT2D eigenvalue weighted by atomic mass is 16.6. The molecule has 2 saturated carbocycles. The molecule has 0 amide bonds. The third kappa shape index (κ3) is 2.63. The standard InChI is InChI=1S/C16H20O7/c1-7(2)15(18)22-6-11(17)23-14-9-4-8(13(14)20-3)10-5-21-16(19)12(9)10/h8-10,12-14H,1,4-6H2,2-3H3. The summed E-state index contributed by atoms with van der Waals surface area (Å²) in [7, 11) is 1.57. The van der Waals surface area contributed by atoms with Gasteiger partial charge in [-0.1, -0.05) is 6.58 Å². The minimum absolute atomic E-state index is 0.0919. The molecule has 1 heterocycles. The van der Waals surface area contributed by atoms with Crippen LogP contribution < -0.4 is 0 Å². The molecule has 0 aromatic heterocycles. The SMILES string of the molecule is C=C(C)C(=O)OCC(=O)OC1C2CC(C3COC(=O)C32)C1OC. The first-order valence-electron chi connectivity index (χ1n) is 7.65. The van der Waals surface area contributed by atoms with E-state index in [1.54, 1.807) is 7.11 Å². The molecule has 1 aliphatic heterocycles. The zero-order valence-corrected chi connectivity index (χ0v) is 13.2. The monoisotopic (exact) mass is 324 g/mol. The van der Waals surface area contributed by atoms with Crippen molar-refractivity contribution in [3.05, 3.63) is 12.2 Å². The van der Waals surface area contributed by atoms with Crippen molar-refractivity contribution in [2.45, 2.75) is 25.6 Å². The number of cyclic esters (lactones) is 1. The Labute approximate surface area is 133 Å². The molecule has 126 valence electrons. The summed E-state index contributed by atoms with van der Waals surface area (Å²) in [6.07, 6.45) is 0.0244. The Hall–Kier alpha value is -1.89. The van der Waals surface area contributed by atoms with E-state index in [0.717, 1.165) is 6.42 Å². The second-order valence-electron chi connectivity index (χ2n) is 6.39. The Morgan fingerprint density at radius 2 is 2.00 bits per heavy atom. The average molecular weight is 324 g/mol. The van der Waals surface area contributed by atoms with E-state index in [0.29, 0.717) is 6.61 Å². The quantitative estimate of drug-likeness (QED) is 0.413. The molecule has 7 heteroatoms. The zero-order chi connectivity index (χ0) is 16.7. The smallest absolute Gasteiger partial charge is 0.344 e. The highest BCUT2D eigenvalue weighted by Gasteiger charge is 2.65. The molecule has 2 aliphatic carbocycles. The molecule has 3 rings (SSSR count). The lowest BCUT2D eigenvalue weighted by Gasteiger charge is -2.34. The van der Waals surface area contributed by atoms with Crippen LogP contribution in [0.2, 0.25) is 0 Å². The Morgan fingerprint density at radius 1 is 1.26 bits per heavy atom. The molecule has 1 saturated heterocycles. The van der Waals surface area contributed by atoms with Gasteiger partial charge in [-0.15, -0.1) is 0 Å². The van der Waals surface area contributed by atoms with Crippen LogP contribution in [0.1, 0.15) is 13.3 Å². The summed E-state index contributed by atoms with van der Waals surface area (Å²) in [5.41, 5.74) is 0.212. The number of carbonyl (C=O) groups is 3. The van der Waals surface area contributed by atoms with E-state index in [1.165, 1.54) is 6.92 Å². The van der Waals surface area contributed by atoms with Gasteiger partial charge in [-0.3, -0.25) is 4.79 Å². The summed E-state index contributed by atoms with van der Waals surface area (Å²) >= 11 is 0. The van der Waals surface area contributed by atoms with Gasteiger partial charge in [-0.05, 0) is 19.3 Å². The maximum atomic E-state index is 11.9. The van der Waals surface area contributed by atoms with Crippen molar-refractivity contribution < 1.29 is 33.3 Å². The second kappa shape index (κ2) is 5.96. The molecule has 0 N–H and O–H groups in total. The fourth-order valence-electron chi connectivity index (χ4n) is 4.17. The Balaban J connectivity index is 1.63. The molecule has 6 unspecified atom stereocenters. The highest BCUT2D eigenvalue weighted by molar-refractivity contribution is 5.88. The van der Waals surface area contributed by atoms with Crippen LogP contribution in [0.15, 0.2) is 12.2 Å². The van der Waals surface area contributed by atoms with Gasteiger partial charge in [0.1, 0.15) is 6.10 Å². The van der Waals surface area contributed by atoms with Crippen molar-refractivity contribution in [3.63, 3.8) is 0 Å². The van der Waals surface area contributed by atoms with Crippen molar-refractivity contribution in [1.82, 2.24) is 0 Å². The van der Waals surface area contributed by atoms with Gasteiger partial charge in [0.05, 0.1) is 18.6 Å². The number of methoxy groups -OCH3 is 1. The van der Waals surface area contributed by atoms with Crippen molar-refractivity contribution in [2.75, 3.05) is 20.3 Å². The fraction of sp³-hybridized carbons (Fsp3) is 0.688. The predicted molar refractivity (Wildman–Crippen MR) is 76.0 cm³/mol. The molecule has 23 heavy (non-hydrogen) atoms. The fourth-order valence-corrected chi connectivity index (χ4v) is 4.17. The van der Waals surface area contributed by atoms with Gasteiger partial charge < -0.3 is 18.9 Å². The van der Waals surface area contributed by atoms with E-state index in [-0.39, 0.29) is 41.3 Å². The van der Waals surface area contributed by atoms with E-state index < -0.39 is 24.6 Å². The molecule has 0 radical (unpaired) electrons. The molecule has 0 aromatic carbocycles. The summed E-state index contributed by atoms with van der Waals surface area (Å²) < 4.78 is 20.9. The maximum absolute atomic E-state index is 11.9. The van der Waals surface area contributed by atoms with Crippen LogP contribution in [-0.4, -0.2) is 50.4 Å². The molecule has 3 fully saturated rings. The maximum Gasteiger partial charge on any atom is 0.344 e. The summed E-state index contributed by atoms with van der Waals surface area (Å²) in [6.45, 7) is 4.88. The number of hydrogen-bond donors (Lipinski definition) is 0. The van der Waals surface area contributed by atoms with Gasteiger partial charge in [0.25, 0.3) is 0 Å². The second-order valence-corrected chi connectivity index (χ2v) is 6.39. The van der Waals surface area contributed by atoms with Crippen LogP contribution in [-0.2, 0) is 33.3 Å². The van der Waals surface area contributed by atoms with E-state index in [4.69, 9.17) is 18.9 Å². The largest absolute Gasteiger partial charge is 0.465 e. The van der Waals surface area contributed by atoms with Gasteiger partial charge in [0, 0.05) is 24.5 Å². The summed E-state index contributed by atoms with van der Waals surface area (Å²) in [6, 6.07) is 0. The summed E-state index contributed by atoms with van der Waals surface area (Å²) in [5, 5.41) is 0. The van der Waals surface area contributed by atoms with E-state index >= 15 is 0 Å². The van der Waals surface area contributed by atoms with Gasteiger partial charge in [0.2, 0.25) is 0 Å². The Kier molecular flexibility index (Phi) is 4.14. The van der Waals surface area contributed by atoms with Crippen LogP contribution in [0.5, 0.6) is 0 Å². The number of hydrogen-bond acceptors (Lipinski definition) is 7. The molecule has 6 atom stereocenters. The van der Waals surface area contributed by atoms with Crippen LogP contribution in [0.4, 0.5) is 0 Å². The predicted octanol–water partition coefficient (Wildman–Crippen LogP) is 0.471. The van der Waals surface area contributed by atoms with Crippen LogP contribution in [0.3, 0.4) is 0 Å². The van der Waals surface area contributed by atoms with Crippen LogP contribution in [0.25, 0.3) is 0 Å². The first kappa shape index (κ1) is 16.0. The lowest BCUT2D eigenvalue weighted by Crippen LogP contribution is -2.46. The third-order valence-corrected chi connectivity index (χ3v) is 5.08. The minimum Gasteiger partial charge on any atom is -0.465 e. The number of carbonyl (C=O) groups excluding carboxylic acids is 3. The van der Waals surface area contributed by atoms with Crippen molar-refractivity contribution in [3.8, 4) is 0 Å². The number of rotatable bonds is 5. The molecule has 2 bridgehead atoms. The first-order chi connectivity index (χ1) is 10.9. The van der Waals surface area contributed by atoms with Crippen LogP contribution in [0, 0.1) is 23.7 Å². The zero-order valence-electron chi connectivity index (χ0n) is 13.2. The van der Waals surface area contributed by atoms with E-state index in [1.807, 2.05) is 0 Å². The molecule has 0 aromatic rings. The lowest BCUT2D eigenvalue weighted by molar-refractivity contribution is -0.173. The Bertz CT molecular complexity index is 555. The Morgan fingerprint density at radius 3 is 2.65 bits per heavy atom. The molecule has 3 aliphatic rings. The van der Waals surface area contributed by atoms with Gasteiger partial charge in [-0.25, -0.2) is 9.59 Å². The van der Waals surface area contributed by atoms with Crippen molar-refractivity contribution >= 4 is 17.9 Å². The van der Waals surface area contributed by atoms with E-state index in [2.05, 4.69) is 6.58 Å². The molecular formula is C16H20O7. The summed E-state index contributed by atoms with van der Waals surface area (Å²) in [4.78, 5) is 35.1. The highest BCUT2D eigenvalue weighted by Crippen LogP contribution is 2.56. The molecule has 7 nitrogen and oxygen atoms in total. The molecule has 0 spiro atoms. The van der Waals surface area contributed by atoms with Crippen molar-refractivity contribution in [2.24, 2.45) is 23.7 Å².